The number of piperazine rings is 1. The minimum Gasteiger partial charge on any atom is -0.309 e. The van der Waals surface area contributed by atoms with Gasteiger partial charge in [-0.1, -0.05) is 6.92 Å². The highest BCUT2D eigenvalue weighted by Crippen LogP contribution is 2.25. The second kappa shape index (κ2) is 5.54. The average Bonchev–Trinajstić information content (AvgIpc) is 2.55. The number of hydrogen-bond acceptors (Lipinski definition) is 3. The lowest BCUT2D eigenvalue weighted by Crippen LogP contribution is -2.61. The lowest BCUT2D eigenvalue weighted by molar-refractivity contribution is 0.0833. The van der Waals surface area contributed by atoms with Crippen molar-refractivity contribution in [2.75, 3.05) is 13.1 Å². The van der Waals surface area contributed by atoms with Gasteiger partial charge in [-0.25, -0.2) is 0 Å². The van der Waals surface area contributed by atoms with Gasteiger partial charge in [-0.05, 0) is 43.1 Å². The molecule has 2 rings (SSSR count). The summed E-state index contributed by atoms with van der Waals surface area (Å²) in [6.45, 7) is 12.0. The van der Waals surface area contributed by atoms with Gasteiger partial charge < -0.3 is 5.32 Å². The molecule has 1 aromatic rings. The first kappa shape index (κ1) is 15.0. The molecule has 0 bridgehead atoms. The highest BCUT2D eigenvalue weighted by molar-refractivity contribution is 9.10. The van der Waals surface area contributed by atoms with Crippen LogP contribution in [-0.2, 0) is 13.6 Å². The van der Waals surface area contributed by atoms with E-state index < -0.39 is 0 Å². The van der Waals surface area contributed by atoms with E-state index >= 15 is 0 Å². The third-order valence-corrected chi connectivity index (χ3v) is 5.05. The van der Waals surface area contributed by atoms with Gasteiger partial charge in [-0.15, -0.1) is 0 Å². The van der Waals surface area contributed by atoms with Crippen LogP contribution in [0.25, 0.3) is 0 Å². The molecular weight excluding hydrogens is 304 g/mol. The maximum Gasteiger partial charge on any atom is 0.0739 e. The van der Waals surface area contributed by atoms with Crippen molar-refractivity contribution in [1.82, 2.24) is 20.0 Å². The lowest BCUT2D eigenvalue weighted by atomic mass is 9.97. The van der Waals surface area contributed by atoms with Gasteiger partial charge in [0.2, 0.25) is 0 Å². The summed E-state index contributed by atoms with van der Waals surface area (Å²) in [5, 5.41) is 8.12. The van der Waals surface area contributed by atoms with Crippen LogP contribution in [0, 0.1) is 6.92 Å². The summed E-state index contributed by atoms with van der Waals surface area (Å²) >= 11 is 3.67. The largest absolute Gasteiger partial charge is 0.309 e. The number of aromatic nitrogens is 2. The number of aryl methyl sites for hydroxylation is 2. The molecule has 0 radical (unpaired) electrons. The predicted octanol–water partition coefficient (Wildman–Crippen LogP) is 2.45. The molecule has 1 fully saturated rings. The fourth-order valence-electron chi connectivity index (χ4n) is 2.85. The standard InChI is InChI=1S/C14H25BrN4/c1-6-11-7-16-14(3,4)9-19(11)8-12-13(15)10(2)17-18(12)5/h11,16H,6-9H2,1-5H3. The molecule has 0 amide bonds. The van der Waals surface area contributed by atoms with E-state index in [1.807, 2.05) is 18.7 Å². The summed E-state index contributed by atoms with van der Waals surface area (Å²) in [5.74, 6) is 0. The molecule has 0 aliphatic carbocycles. The summed E-state index contributed by atoms with van der Waals surface area (Å²) in [7, 11) is 2.03. The topological polar surface area (TPSA) is 33.1 Å². The fourth-order valence-corrected chi connectivity index (χ4v) is 3.31. The predicted molar refractivity (Wildman–Crippen MR) is 82.2 cm³/mol. The molecule has 0 aromatic carbocycles. The average molecular weight is 329 g/mol. The second-order valence-corrected chi connectivity index (χ2v) is 6.99. The monoisotopic (exact) mass is 328 g/mol. The first-order valence-electron chi connectivity index (χ1n) is 7.01. The van der Waals surface area contributed by atoms with Gasteiger partial charge in [0.25, 0.3) is 0 Å². The van der Waals surface area contributed by atoms with Crippen LogP contribution in [0.1, 0.15) is 38.6 Å². The Bertz CT molecular complexity index is 453. The number of nitrogens with zero attached hydrogens (tertiary/aromatic N) is 3. The van der Waals surface area contributed by atoms with Crippen LogP contribution in [0.2, 0.25) is 0 Å². The molecule has 0 saturated carbocycles. The van der Waals surface area contributed by atoms with E-state index in [1.165, 1.54) is 12.1 Å². The van der Waals surface area contributed by atoms with Crippen LogP contribution in [-0.4, -0.2) is 39.4 Å². The Kier molecular flexibility index (Phi) is 4.38. The van der Waals surface area contributed by atoms with Gasteiger partial charge in [-0.2, -0.15) is 5.10 Å². The Morgan fingerprint density at radius 2 is 2.16 bits per heavy atom. The van der Waals surface area contributed by atoms with Crippen molar-refractivity contribution in [2.45, 2.75) is 52.2 Å². The fraction of sp³-hybridized carbons (Fsp3) is 0.786. The van der Waals surface area contributed by atoms with Crippen LogP contribution in [0.15, 0.2) is 4.47 Å². The van der Waals surface area contributed by atoms with E-state index in [2.05, 4.69) is 52.0 Å². The normalized spacial score (nSPS) is 23.8. The van der Waals surface area contributed by atoms with Crippen LogP contribution in [0.4, 0.5) is 0 Å². The molecular formula is C14H25BrN4. The molecule has 0 spiro atoms. The Labute approximate surface area is 124 Å². The molecule has 1 aliphatic rings. The summed E-state index contributed by atoms with van der Waals surface area (Å²) in [6.07, 6.45) is 1.18. The van der Waals surface area contributed by atoms with Gasteiger partial charge in [0.15, 0.2) is 0 Å². The zero-order valence-electron chi connectivity index (χ0n) is 12.6. The van der Waals surface area contributed by atoms with Crippen molar-refractivity contribution < 1.29 is 0 Å². The molecule has 108 valence electrons. The number of nitrogens with one attached hydrogen (secondary N) is 1. The molecule has 19 heavy (non-hydrogen) atoms. The van der Waals surface area contributed by atoms with E-state index in [0.29, 0.717) is 6.04 Å². The van der Waals surface area contributed by atoms with E-state index in [0.717, 1.165) is 29.8 Å². The Balaban J connectivity index is 2.19. The van der Waals surface area contributed by atoms with E-state index in [-0.39, 0.29) is 5.54 Å². The van der Waals surface area contributed by atoms with E-state index in [1.54, 1.807) is 0 Å². The minimum atomic E-state index is 0.186. The van der Waals surface area contributed by atoms with Crippen molar-refractivity contribution >= 4 is 15.9 Å². The Morgan fingerprint density at radius 3 is 2.68 bits per heavy atom. The van der Waals surface area contributed by atoms with E-state index in [4.69, 9.17) is 0 Å². The lowest BCUT2D eigenvalue weighted by Gasteiger charge is -2.44. The maximum atomic E-state index is 4.49. The second-order valence-electron chi connectivity index (χ2n) is 6.20. The molecule has 2 heterocycles. The van der Waals surface area contributed by atoms with Gasteiger partial charge in [0, 0.05) is 38.3 Å². The summed E-state index contributed by atoms with van der Waals surface area (Å²) < 4.78 is 3.16. The third kappa shape index (κ3) is 3.20. The molecule has 1 N–H and O–H groups in total. The third-order valence-electron chi connectivity index (χ3n) is 4.02. The summed E-state index contributed by atoms with van der Waals surface area (Å²) in [6, 6.07) is 0.607. The van der Waals surface area contributed by atoms with Crippen molar-refractivity contribution in [3.8, 4) is 0 Å². The molecule has 4 nitrogen and oxygen atoms in total. The number of rotatable bonds is 3. The van der Waals surface area contributed by atoms with Crippen molar-refractivity contribution in [1.29, 1.82) is 0 Å². The first-order valence-corrected chi connectivity index (χ1v) is 7.80. The zero-order chi connectivity index (χ0) is 14.2. The van der Waals surface area contributed by atoms with Crippen LogP contribution >= 0.6 is 15.9 Å². The van der Waals surface area contributed by atoms with E-state index in [9.17, 15) is 0 Å². The van der Waals surface area contributed by atoms with Crippen LogP contribution < -0.4 is 5.32 Å². The quantitative estimate of drug-likeness (QED) is 0.925. The van der Waals surface area contributed by atoms with Gasteiger partial charge >= 0.3 is 0 Å². The number of halogens is 1. The Morgan fingerprint density at radius 1 is 1.47 bits per heavy atom. The molecule has 1 unspecified atom stereocenters. The number of hydrogen-bond donors (Lipinski definition) is 1. The van der Waals surface area contributed by atoms with Gasteiger partial charge in [0.05, 0.1) is 15.9 Å². The molecule has 1 aliphatic heterocycles. The SMILES string of the molecule is CCC1CNC(C)(C)CN1Cc1c(Br)c(C)nn1C. The van der Waals surface area contributed by atoms with Crippen LogP contribution in [0.3, 0.4) is 0 Å². The van der Waals surface area contributed by atoms with Gasteiger partial charge in [-0.3, -0.25) is 9.58 Å². The van der Waals surface area contributed by atoms with Crippen molar-refractivity contribution in [2.24, 2.45) is 7.05 Å². The summed E-state index contributed by atoms with van der Waals surface area (Å²) in [5.41, 5.74) is 2.53. The maximum absolute atomic E-state index is 4.49. The van der Waals surface area contributed by atoms with Gasteiger partial charge in [0.1, 0.15) is 0 Å². The molecule has 1 aromatic heterocycles. The minimum absolute atomic E-state index is 0.186. The van der Waals surface area contributed by atoms with Crippen molar-refractivity contribution in [3.05, 3.63) is 15.9 Å². The highest BCUT2D eigenvalue weighted by atomic mass is 79.9. The first-order chi connectivity index (χ1) is 8.84. The Hall–Kier alpha value is -0.390. The molecule has 1 atom stereocenters. The zero-order valence-corrected chi connectivity index (χ0v) is 14.2. The highest BCUT2D eigenvalue weighted by Gasteiger charge is 2.32. The van der Waals surface area contributed by atoms with Crippen LogP contribution in [0.5, 0.6) is 0 Å². The smallest absolute Gasteiger partial charge is 0.0739 e. The molecule has 1 saturated heterocycles. The van der Waals surface area contributed by atoms with Crippen molar-refractivity contribution in [3.63, 3.8) is 0 Å². The summed E-state index contributed by atoms with van der Waals surface area (Å²) in [4.78, 5) is 2.58. The molecule has 5 heteroatoms.